The van der Waals surface area contributed by atoms with Crippen LogP contribution < -0.4 is 5.32 Å². The van der Waals surface area contributed by atoms with Crippen LogP contribution in [0.4, 0.5) is 5.69 Å². The first-order chi connectivity index (χ1) is 6.84. The minimum absolute atomic E-state index is 0.754. The van der Waals surface area contributed by atoms with E-state index >= 15 is 0 Å². The smallest absolute Gasteiger partial charge is 0.0795 e. The summed E-state index contributed by atoms with van der Waals surface area (Å²) in [5, 5.41) is 6.04. The van der Waals surface area contributed by atoms with Gasteiger partial charge in [-0.1, -0.05) is 11.6 Å². The molecule has 14 heavy (non-hydrogen) atoms. The Morgan fingerprint density at radius 3 is 2.71 bits per heavy atom. The van der Waals surface area contributed by atoms with Gasteiger partial charge in [-0.3, -0.25) is 0 Å². The molecule has 1 N–H and O–H groups in total. The van der Waals surface area contributed by atoms with Crippen LogP contribution in [0.15, 0.2) is 35.2 Å². The fraction of sp³-hybridized carbons (Fsp3) is 0.100. The molecule has 1 aromatic carbocycles. The molecule has 0 spiro atoms. The molecule has 0 saturated heterocycles. The molecule has 4 heteroatoms. The van der Waals surface area contributed by atoms with Crippen molar-refractivity contribution in [3.8, 4) is 0 Å². The molecule has 72 valence electrons. The highest BCUT2D eigenvalue weighted by molar-refractivity contribution is 7.07. The number of benzene rings is 1. The Morgan fingerprint density at radius 2 is 2.07 bits per heavy atom. The number of anilines is 1. The van der Waals surface area contributed by atoms with E-state index in [1.165, 1.54) is 0 Å². The highest BCUT2D eigenvalue weighted by Crippen LogP contribution is 2.14. The first-order valence-electron chi connectivity index (χ1n) is 4.21. The Bertz CT molecular complexity index is 383. The van der Waals surface area contributed by atoms with Crippen LogP contribution in [0.5, 0.6) is 0 Å². The van der Waals surface area contributed by atoms with Gasteiger partial charge in [0.05, 0.1) is 17.7 Å². The number of halogens is 1. The molecule has 0 bridgehead atoms. The van der Waals surface area contributed by atoms with Crippen molar-refractivity contribution in [3.05, 3.63) is 45.9 Å². The topological polar surface area (TPSA) is 24.9 Å². The van der Waals surface area contributed by atoms with E-state index < -0.39 is 0 Å². The predicted octanol–water partition coefficient (Wildman–Crippen LogP) is 3.41. The molecule has 1 aromatic heterocycles. The van der Waals surface area contributed by atoms with Crippen molar-refractivity contribution in [2.24, 2.45) is 0 Å². The average Bonchev–Trinajstić information content (AvgIpc) is 2.70. The summed E-state index contributed by atoms with van der Waals surface area (Å²) in [7, 11) is 0. The zero-order valence-corrected chi connectivity index (χ0v) is 8.98. The third-order valence-corrected chi connectivity index (χ3v) is 2.69. The Labute approximate surface area is 91.6 Å². The van der Waals surface area contributed by atoms with Gasteiger partial charge in [0.25, 0.3) is 0 Å². The SMILES string of the molecule is Clc1ccc(NCc2cscn2)cc1. The summed E-state index contributed by atoms with van der Waals surface area (Å²) >= 11 is 7.38. The monoisotopic (exact) mass is 224 g/mol. The number of aromatic nitrogens is 1. The van der Waals surface area contributed by atoms with E-state index in [2.05, 4.69) is 10.3 Å². The number of nitrogens with zero attached hydrogens (tertiary/aromatic N) is 1. The Hall–Kier alpha value is -1.06. The van der Waals surface area contributed by atoms with E-state index in [1.807, 2.05) is 35.2 Å². The second-order valence-electron chi connectivity index (χ2n) is 2.84. The lowest BCUT2D eigenvalue weighted by molar-refractivity contribution is 1.07. The molecule has 0 aliphatic heterocycles. The van der Waals surface area contributed by atoms with Gasteiger partial charge in [-0.2, -0.15) is 0 Å². The first-order valence-corrected chi connectivity index (χ1v) is 5.53. The van der Waals surface area contributed by atoms with Gasteiger partial charge in [-0.25, -0.2) is 4.98 Å². The van der Waals surface area contributed by atoms with Gasteiger partial charge in [-0.15, -0.1) is 11.3 Å². The van der Waals surface area contributed by atoms with Crippen LogP contribution in [0.3, 0.4) is 0 Å². The Morgan fingerprint density at radius 1 is 1.29 bits per heavy atom. The summed E-state index contributed by atoms with van der Waals surface area (Å²) in [5.74, 6) is 0. The maximum atomic E-state index is 5.77. The third-order valence-electron chi connectivity index (χ3n) is 1.80. The van der Waals surface area contributed by atoms with E-state index in [-0.39, 0.29) is 0 Å². The van der Waals surface area contributed by atoms with E-state index in [9.17, 15) is 0 Å². The molecule has 0 aliphatic carbocycles. The van der Waals surface area contributed by atoms with Gasteiger partial charge >= 0.3 is 0 Å². The minimum Gasteiger partial charge on any atom is -0.379 e. The summed E-state index contributed by atoms with van der Waals surface area (Å²) in [4.78, 5) is 4.18. The molecular weight excluding hydrogens is 216 g/mol. The zero-order valence-electron chi connectivity index (χ0n) is 7.40. The van der Waals surface area contributed by atoms with E-state index in [0.717, 1.165) is 22.9 Å². The summed E-state index contributed by atoms with van der Waals surface area (Å²) < 4.78 is 0. The second kappa shape index (κ2) is 4.44. The molecule has 0 amide bonds. The lowest BCUT2D eigenvalue weighted by Gasteiger charge is -2.03. The van der Waals surface area contributed by atoms with Crippen molar-refractivity contribution in [2.45, 2.75) is 6.54 Å². The van der Waals surface area contributed by atoms with Gasteiger partial charge < -0.3 is 5.32 Å². The van der Waals surface area contributed by atoms with Crippen LogP contribution in [-0.2, 0) is 6.54 Å². The van der Waals surface area contributed by atoms with Crippen molar-refractivity contribution < 1.29 is 0 Å². The Kier molecular flexibility index (Phi) is 3.01. The molecule has 2 rings (SSSR count). The highest BCUT2D eigenvalue weighted by atomic mass is 35.5. The molecule has 0 fully saturated rings. The second-order valence-corrected chi connectivity index (χ2v) is 4.00. The molecule has 0 radical (unpaired) electrons. The molecule has 2 nitrogen and oxygen atoms in total. The lowest BCUT2D eigenvalue weighted by atomic mass is 10.3. The molecule has 0 aliphatic rings. The standard InChI is InChI=1S/C10H9ClN2S/c11-8-1-3-9(4-2-8)12-5-10-6-14-7-13-10/h1-4,6-7,12H,5H2. The van der Waals surface area contributed by atoms with Crippen LogP contribution in [0.2, 0.25) is 5.02 Å². The van der Waals surface area contributed by atoms with Crippen LogP contribution >= 0.6 is 22.9 Å². The van der Waals surface area contributed by atoms with Crippen molar-refractivity contribution in [1.82, 2.24) is 4.98 Å². The maximum absolute atomic E-state index is 5.77. The zero-order chi connectivity index (χ0) is 9.80. The van der Waals surface area contributed by atoms with Crippen molar-refractivity contribution in [3.63, 3.8) is 0 Å². The molecule has 1 heterocycles. The molecule has 0 atom stereocenters. The van der Waals surface area contributed by atoms with Gasteiger partial charge in [-0.05, 0) is 24.3 Å². The minimum atomic E-state index is 0.754. The van der Waals surface area contributed by atoms with Crippen LogP contribution in [-0.4, -0.2) is 4.98 Å². The molecular formula is C10H9ClN2S. The van der Waals surface area contributed by atoms with Crippen LogP contribution in [0.25, 0.3) is 0 Å². The lowest BCUT2D eigenvalue weighted by Crippen LogP contribution is -1.98. The fourth-order valence-corrected chi connectivity index (χ4v) is 1.77. The van der Waals surface area contributed by atoms with Crippen molar-refractivity contribution in [2.75, 3.05) is 5.32 Å². The molecule has 0 saturated carbocycles. The summed E-state index contributed by atoms with van der Waals surface area (Å²) in [6.07, 6.45) is 0. The Balaban J connectivity index is 1.95. The van der Waals surface area contributed by atoms with Crippen LogP contribution in [0, 0.1) is 0 Å². The summed E-state index contributed by atoms with van der Waals surface area (Å²) in [6.45, 7) is 0.755. The predicted molar refractivity (Wildman–Crippen MR) is 60.9 cm³/mol. The third kappa shape index (κ3) is 2.47. The van der Waals surface area contributed by atoms with Gasteiger partial charge in [0, 0.05) is 16.1 Å². The number of thiazole rings is 1. The van der Waals surface area contributed by atoms with E-state index in [4.69, 9.17) is 11.6 Å². The van der Waals surface area contributed by atoms with Crippen LogP contribution in [0.1, 0.15) is 5.69 Å². The van der Waals surface area contributed by atoms with Crippen molar-refractivity contribution in [1.29, 1.82) is 0 Å². The fourth-order valence-electron chi connectivity index (χ4n) is 1.09. The number of rotatable bonds is 3. The molecule has 0 unspecified atom stereocenters. The molecule has 2 aromatic rings. The average molecular weight is 225 g/mol. The van der Waals surface area contributed by atoms with E-state index in [1.54, 1.807) is 11.3 Å². The van der Waals surface area contributed by atoms with Gasteiger partial charge in [0.15, 0.2) is 0 Å². The first kappa shape index (κ1) is 9.49. The highest BCUT2D eigenvalue weighted by Gasteiger charge is 1.95. The quantitative estimate of drug-likeness (QED) is 0.865. The number of hydrogen-bond acceptors (Lipinski definition) is 3. The number of nitrogens with one attached hydrogen (secondary N) is 1. The van der Waals surface area contributed by atoms with Gasteiger partial charge in [0.2, 0.25) is 0 Å². The maximum Gasteiger partial charge on any atom is 0.0795 e. The van der Waals surface area contributed by atoms with Gasteiger partial charge in [0.1, 0.15) is 0 Å². The largest absolute Gasteiger partial charge is 0.379 e. The number of hydrogen-bond donors (Lipinski definition) is 1. The summed E-state index contributed by atoms with van der Waals surface area (Å²) in [5.41, 5.74) is 3.95. The van der Waals surface area contributed by atoms with Crippen molar-refractivity contribution >= 4 is 28.6 Å². The van der Waals surface area contributed by atoms with E-state index in [0.29, 0.717) is 0 Å². The normalized spacial score (nSPS) is 10.1. The summed E-state index contributed by atoms with van der Waals surface area (Å²) in [6, 6.07) is 7.64.